The molecule has 4 aromatic rings. The molecule has 0 saturated carbocycles. The van der Waals surface area contributed by atoms with E-state index in [4.69, 9.17) is 0 Å². The summed E-state index contributed by atoms with van der Waals surface area (Å²) >= 11 is 0. The van der Waals surface area contributed by atoms with Crippen LogP contribution < -0.4 is 0 Å². The maximum atomic E-state index is 13.6. The van der Waals surface area contributed by atoms with Crippen LogP contribution in [0.25, 0.3) is 22.6 Å². The molecule has 1 aromatic heterocycles. The summed E-state index contributed by atoms with van der Waals surface area (Å²) in [7, 11) is 0. The van der Waals surface area contributed by atoms with E-state index in [0.29, 0.717) is 17.7 Å². The van der Waals surface area contributed by atoms with E-state index in [-0.39, 0.29) is 11.6 Å². The van der Waals surface area contributed by atoms with Gasteiger partial charge in [-0.3, -0.25) is 0 Å². The Hall–Kier alpha value is -3.71. The normalized spacial score (nSPS) is 11.5. The maximum Gasteiger partial charge on any atom is 0.123 e. The molecule has 0 radical (unpaired) electrons. The Kier molecular flexibility index (Phi) is 4.74. The third kappa shape index (κ3) is 3.56. The van der Waals surface area contributed by atoms with E-state index in [1.165, 1.54) is 24.3 Å². The molecule has 0 fully saturated rings. The molecule has 4 heteroatoms. The first-order valence-corrected chi connectivity index (χ1v) is 8.84. The van der Waals surface area contributed by atoms with Crippen molar-refractivity contribution in [1.82, 2.24) is 4.57 Å². The molecular formula is C24H16F2N2. The minimum atomic E-state index is -0.377. The quantitative estimate of drug-likeness (QED) is 0.403. The van der Waals surface area contributed by atoms with Crippen LogP contribution in [0, 0.1) is 23.0 Å². The average molecular weight is 370 g/mol. The monoisotopic (exact) mass is 370 g/mol. The molecule has 0 amide bonds. The van der Waals surface area contributed by atoms with Crippen LogP contribution in [-0.2, 0) is 6.54 Å². The van der Waals surface area contributed by atoms with Crippen molar-refractivity contribution in [3.63, 3.8) is 0 Å². The second kappa shape index (κ2) is 7.50. The van der Waals surface area contributed by atoms with Crippen LogP contribution in [0.5, 0.6) is 0 Å². The van der Waals surface area contributed by atoms with E-state index in [9.17, 15) is 14.0 Å². The van der Waals surface area contributed by atoms with Gasteiger partial charge in [-0.25, -0.2) is 8.78 Å². The Balaban J connectivity index is 1.79. The molecule has 0 atom stereocenters. The molecule has 136 valence electrons. The standard InChI is InChI=1S/C24H16F2N2/c25-21-10-8-17(9-11-21)15-28-16-20(23-6-1-2-7-24(23)28)12-19(14-27)18-4-3-5-22(26)13-18/h1-13,16H,15H2/b19-12-. The van der Waals surface area contributed by atoms with Gasteiger partial charge in [0, 0.05) is 29.2 Å². The molecule has 2 nitrogen and oxygen atoms in total. The summed E-state index contributed by atoms with van der Waals surface area (Å²) in [4.78, 5) is 0. The molecule has 4 rings (SSSR count). The Bertz CT molecular complexity index is 1210. The van der Waals surface area contributed by atoms with Crippen LogP contribution in [0.2, 0.25) is 0 Å². The summed E-state index contributed by atoms with van der Waals surface area (Å²) in [5, 5.41) is 10.6. The fraction of sp³-hybridized carbons (Fsp3) is 0.0417. The lowest BCUT2D eigenvalue weighted by Crippen LogP contribution is -1.97. The highest BCUT2D eigenvalue weighted by atomic mass is 19.1. The fourth-order valence-electron chi connectivity index (χ4n) is 3.30. The van der Waals surface area contributed by atoms with Crippen molar-refractivity contribution in [3.05, 3.63) is 107 Å². The number of hydrogen-bond acceptors (Lipinski definition) is 1. The van der Waals surface area contributed by atoms with Gasteiger partial charge in [0.15, 0.2) is 0 Å². The number of para-hydroxylation sites is 1. The summed E-state index contributed by atoms with van der Waals surface area (Å²) in [5.74, 6) is -0.643. The first-order valence-electron chi connectivity index (χ1n) is 8.84. The number of fused-ring (bicyclic) bond motifs is 1. The maximum absolute atomic E-state index is 13.6. The number of aromatic nitrogens is 1. The number of nitriles is 1. The molecular weight excluding hydrogens is 354 g/mol. The number of nitrogens with zero attached hydrogens (tertiary/aromatic N) is 2. The lowest BCUT2D eigenvalue weighted by Gasteiger charge is -2.05. The van der Waals surface area contributed by atoms with Gasteiger partial charge < -0.3 is 4.57 Å². The van der Waals surface area contributed by atoms with E-state index in [1.54, 1.807) is 30.3 Å². The number of halogens is 2. The van der Waals surface area contributed by atoms with E-state index >= 15 is 0 Å². The van der Waals surface area contributed by atoms with Crippen molar-refractivity contribution < 1.29 is 8.78 Å². The second-order valence-corrected chi connectivity index (χ2v) is 6.54. The zero-order chi connectivity index (χ0) is 19.5. The van der Waals surface area contributed by atoms with Crippen molar-refractivity contribution in [2.75, 3.05) is 0 Å². The number of benzene rings is 3. The predicted octanol–water partition coefficient (Wildman–Crippen LogP) is 6.03. The molecule has 0 unspecified atom stereocenters. The Morgan fingerprint density at radius 2 is 1.71 bits per heavy atom. The molecule has 1 heterocycles. The predicted molar refractivity (Wildman–Crippen MR) is 107 cm³/mol. The largest absolute Gasteiger partial charge is 0.342 e. The lowest BCUT2D eigenvalue weighted by atomic mass is 10.0. The summed E-state index contributed by atoms with van der Waals surface area (Å²) in [6.45, 7) is 0.580. The van der Waals surface area contributed by atoms with Crippen LogP contribution in [-0.4, -0.2) is 4.57 Å². The molecule has 0 saturated heterocycles. The summed E-state index contributed by atoms with van der Waals surface area (Å²) < 4.78 is 28.8. The highest BCUT2D eigenvalue weighted by molar-refractivity contribution is 5.98. The van der Waals surface area contributed by atoms with Gasteiger partial charge in [-0.05, 0) is 47.5 Å². The van der Waals surface area contributed by atoms with Gasteiger partial charge >= 0.3 is 0 Å². The van der Waals surface area contributed by atoms with Crippen molar-refractivity contribution in [2.45, 2.75) is 6.54 Å². The minimum Gasteiger partial charge on any atom is -0.342 e. The average Bonchev–Trinajstić information content (AvgIpc) is 3.05. The van der Waals surface area contributed by atoms with Gasteiger partial charge in [0.1, 0.15) is 11.6 Å². The van der Waals surface area contributed by atoms with Crippen molar-refractivity contribution in [1.29, 1.82) is 5.26 Å². The molecule has 0 aliphatic carbocycles. The molecule has 0 aliphatic rings. The van der Waals surface area contributed by atoms with E-state index in [1.807, 2.05) is 30.5 Å². The van der Waals surface area contributed by atoms with Crippen LogP contribution in [0.1, 0.15) is 16.7 Å². The van der Waals surface area contributed by atoms with Gasteiger partial charge in [-0.2, -0.15) is 5.26 Å². The van der Waals surface area contributed by atoms with E-state index in [2.05, 4.69) is 10.6 Å². The SMILES string of the molecule is N#C/C(=C/c1cn(Cc2ccc(F)cc2)c2ccccc12)c1cccc(F)c1. The third-order valence-electron chi connectivity index (χ3n) is 4.64. The van der Waals surface area contributed by atoms with Crippen molar-refractivity contribution in [3.8, 4) is 6.07 Å². The molecule has 0 spiro atoms. The molecule has 0 aliphatic heterocycles. The highest BCUT2D eigenvalue weighted by Crippen LogP contribution is 2.27. The molecule has 0 bridgehead atoms. The fourth-order valence-corrected chi connectivity index (χ4v) is 3.30. The van der Waals surface area contributed by atoms with Gasteiger partial charge in [0.25, 0.3) is 0 Å². The third-order valence-corrected chi connectivity index (χ3v) is 4.64. The first kappa shape index (κ1) is 17.7. The second-order valence-electron chi connectivity index (χ2n) is 6.54. The van der Waals surface area contributed by atoms with Gasteiger partial charge in [0.2, 0.25) is 0 Å². The van der Waals surface area contributed by atoms with Crippen molar-refractivity contribution in [2.24, 2.45) is 0 Å². The number of allylic oxidation sites excluding steroid dienone is 1. The summed E-state index contributed by atoms with van der Waals surface area (Å²) in [5.41, 5.74) is 3.79. The summed E-state index contributed by atoms with van der Waals surface area (Å²) in [6.07, 6.45) is 3.74. The summed E-state index contributed by atoms with van der Waals surface area (Å²) in [6, 6.07) is 22.5. The zero-order valence-electron chi connectivity index (χ0n) is 14.9. The van der Waals surface area contributed by atoms with Crippen LogP contribution >= 0.6 is 0 Å². The number of hydrogen-bond donors (Lipinski definition) is 0. The Morgan fingerprint density at radius 3 is 2.46 bits per heavy atom. The van der Waals surface area contributed by atoms with E-state index in [0.717, 1.165) is 22.0 Å². The van der Waals surface area contributed by atoms with Crippen LogP contribution in [0.15, 0.2) is 79.0 Å². The molecule has 28 heavy (non-hydrogen) atoms. The lowest BCUT2D eigenvalue weighted by molar-refractivity contribution is 0.626. The topological polar surface area (TPSA) is 28.7 Å². The molecule has 3 aromatic carbocycles. The van der Waals surface area contributed by atoms with Gasteiger partial charge in [-0.15, -0.1) is 0 Å². The molecule has 0 N–H and O–H groups in total. The Labute approximate surface area is 161 Å². The van der Waals surface area contributed by atoms with Crippen LogP contribution in [0.4, 0.5) is 8.78 Å². The van der Waals surface area contributed by atoms with Crippen LogP contribution in [0.3, 0.4) is 0 Å². The minimum absolute atomic E-state index is 0.265. The number of rotatable bonds is 4. The van der Waals surface area contributed by atoms with Gasteiger partial charge in [-0.1, -0.05) is 42.5 Å². The van der Waals surface area contributed by atoms with E-state index < -0.39 is 0 Å². The zero-order valence-corrected chi connectivity index (χ0v) is 14.9. The van der Waals surface area contributed by atoms with Crippen molar-refractivity contribution >= 4 is 22.6 Å². The Morgan fingerprint density at radius 1 is 0.929 bits per heavy atom. The smallest absolute Gasteiger partial charge is 0.123 e. The highest BCUT2D eigenvalue weighted by Gasteiger charge is 2.10. The first-order chi connectivity index (χ1) is 13.6. The van der Waals surface area contributed by atoms with Gasteiger partial charge in [0.05, 0.1) is 11.6 Å².